The summed E-state index contributed by atoms with van der Waals surface area (Å²) in [7, 11) is 13.1. The Morgan fingerprint density at radius 3 is 2.06 bits per heavy atom. The first-order chi connectivity index (χ1) is 7.84. The van der Waals surface area contributed by atoms with Gasteiger partial charge in [-0.15, -0.1) is 0 Å². The van der Waals surface area contributed by atoms with Gasteiger partial charge in [0.15, 0.2) is 0 Å². The molecule has 2 aliphatic carbocycles. The average Bonchev–Trinajstić information content (AvgIpc) is 2.26. The molecule has 0 aromatic heterocycles. The Hall–Kier alpha value is 0.130. The second-order valence-corrected chi connectivity index (χ2v) is 7.43. The summed E-state index contributed by atoms with van der Waals surface area (Å²) >= 11 is 0. The van der Waals surface area contributed by atoms with Crippen molar-refractivity contribution in [1.82, 2.24) is 0 Å². The Balaban J connectivity index is 2.18. The van der Waals surface area contributed by atoms with Gasteiger partial charge in [-0.3, -0.25) is 0 Å². The van der Waals surface area contributed by atoms with Crippen LogP contribution in [0.5, 0.6) is 0 Å². The van der Waals surface area contributed by atoms with Crippen molar-refractivity contribution in [2.75, 3.05) is 0 Å². The molecule has 0 nitrogen and oxygen atoms in total. The van der Waals surface area contributed by atoms with Crippen molar-refractivity contribution in [1.29, 1.82) is 0 Å². The largest absolute Gasteiger partial charge is 0.0913 e. The van der Waals surface area contributed by atoms with Crippen LogP contribution >= 0.6 is 0 Å². The second-order valence-electron chi connectivity index (χ2n) is 7.43. The monoisotopic (exact) mass is 228 g/mol. The molecule has 0 N–H and O–H groups in total. The van der Waals surface area contributed by atoms with Gasteiger partial charge in [0.1, 0.15) is 0 Å². The zero-order chi connectivity index (χ0) is 12.7. The molecule has 3 unspecified atom stereocenters. The Kier molecular flexibility index (Phi) is 3.72. The zero-order valence-corrected chi connectivity index (χ0v) is 11.8. The maximum Gasteiger partial charge on any atom is 0.0631 e. The molecule has 0 amide bonds. The van der Waals surface area contributed by atoms with Crippen LogP contribution in [0.1, 0.15) is 65.7 Å². The average molecular weight is 228 g/mol. The van der Waals surface area contributed by atoms with Crippen LogP contribution in [0.15, 0.2) is 0 Å². The van der Waals surface area contributed by atoms with Gasteiger partial charge in [0.05, 0.1) is 15.7 Å². The second kappa shape index (κ2) is 4.67. The van der Waals surface area contributed by atoms with Crippen LogP contribution in [0, 0.1) is 23.2 Å². The van der Waals surface area contributed by atoms with E-state index < -0.39 is 5.21 Å². The first kappa shape index (κ1) is 13.6. The summed E-state index contributed by atoms with van der Waals surface area (Å²) in [5, 5.41) is -0.506. The van der Waals surface area contributed by atoms with Crippen LogP contribution in [0.3, 0.4) is 0 Å². The normalized spacial score (nSPS) is 35.4. The highest BCUT2D eigenvalue weighted by Crippen LogP contribution is 2.57. The highest BCUT2D eigenvalue weighted by Gasteiger charge is 2.46. The molecule has 0 heterocycles. The number of hydrogen-bond donors (Lipinski definition) is 0. The van der Waals surface area contributed by atoms with Gasteiger partial charge in [0.25, 0.3) is 0 Å². The number of hydrogen-bond acceptors (Lipinski definition) is 0. The predicted molar refractivity (Wildman–Crippen MR) is 76.4 cm³/mol. The smallest absolute Gasteiger partial charge is 0.0631 e. The Morgan fingerprint density at radius 2 is 1.41 bits per heavy atom. The minimum atomic E-state index is -0.506. The van der Waals surface area contributed by atoms with Crippen molar-refractivity contribution in [2.45, 2.75) is 70.9 Å². The molecule has 3 atom stereocenters. The number of rotatable bonds is 1. The third-order valence-corrected chi connectivity index (χ3v) is 5.49. The van der Waals surface area contributed by atoms with E-state index in [1.807, 2.05) is 0 Å². The first-order valence-electron chi connectivity index (χ1n) is 7.42. The van der Waals surface area contributed by atoms with Crippen LogP contribution in [-0.4, -0.2) is 15.7 Å². The van der Waals surface area contributed by atoms with Gasteiger partial charge in [-0.05, 0) is 29.6 Å². The minimum absolute atomic E-state index is 0.00297. The van der Waals surface area contributed by atoms with Gasteiger partial charge in [0, 0.05) is 0 Å². The van der Waals surface area contributed by atoms with Crippen molar-refractivity contribution in [3.8, 4) is 0 Å². The Labute approximate surface area is 110 Å². The van der Waals surface area contributed by atoms with Crippen LogP contribution in [0.25, 0.3) is 0 Å². The van der Waals surface area contributed by atoms with E-state index in [9.17, 15) is 0 Å². The van der Waals surface area contributed by atoms with E-state index in [-0.39, 0.29) is 5.41 Å². The summed E-state index contributed by atoms with van der Waals surface area (Å²) in [6, 6.07) is 0. The Bertz CT molecular complexity index is 263. The van der Waals surface area contributed by atoms with Crippen molar-refractivity contribution < 1.29 is 0 Å². The van der Waals surface area contributed by atoms with Gasteiger partial charge in [-0.2, -0.15) is 0 Å². The molecule has 0 saturated heterocycles. The van der Waals surface area contributed by atoms with Crippen molar-refractivity contribution in [2.24, 2.45) is 23.2 Å². The van der Waals surface area contributed by atoms with Crippen LogP contribution < -0.4 is 0 Å². The van der Waals surface area contributed by atoms with E-state index in [1.165, 1.54) is 44.9 Å². The van der Waals surface area contributed by atoms with Gasteiger partial charge < -0.3 is 0 Å². The SMILES string of the molecule is [B]C([B])(C1CCCC2CCCCC21)C(C)(C)C. The zero-order valence-electron chi connectivity index (χ0n) is 11.8. The van der Waals surface area contributed by atoms with Gasteiger partial charge in [0.2, 0.25) is 0 Å². The third kappa shape index (κ3) is 2.47. The van der Waals surface area contributed by atoms with Gasteiger partial charge in [-0.1, -0.05) is 64.5 Å². The van der Waals surface area contributed by atoms with Gasteiger partial charge in [-0.25, -0.2) is 0 Å². The van der Waals surface area contributed by atoms with Gasteiger partial charge >= 0.3 is 0 Å². The van der Waals surface area contributed by atoms with E-state index in [0.29, 0.717) is 5.92 Å². The minimum Gasteiger partial charge on any atom is -0.0913 e. The third-order valence-electron chi connectivity index (χ3n) is 5.49. The molecule has 2 heteroatoms. The lowest BCUT2D eigenvalue weighted by molar-refractivity contribution is 0.0626. The molecule has 2 fully saturated rings. The fourth-order valence-corrected chi connectivity index (χ4v) is 4.09. The summed E-state index contributed by atoms with van der Waals surface area (Å²) in [4.78, 5) is 0. The van der Waals surface area contributed by atoms with E-state index in [0.717, 1.165) is 11.8 Å². The van der Waals surface area contributed by atoms with Crippen LogP contribution in [-0.2, 0) is 0 Å². The van der Waals surface area contributed by atoms with E-state index in [4.69, 9.17) is 15.7 Å². The predicted octanol–water partition coefficient (Wildman–Crippen LogP) is 4.09. The lowest BCUT2D eigenvalue weighted by atomic mass is 9.35. The molecule has 0 aromatic carbocycles. The lowest BCUT2D eigenvalue weighted by Crippen LogP contribution is -2.45. The maximum absolute atomic E-state index is 6.55. The molecule has 0 aliphatic heterocycles. The van der Waals surface area contributed by atoms with Crippen LogP contribution in [0.4, 0.5) is 0 Å². The van der Waals surface area contributed by atoms with Crippen molar-refractivity contribution in [3.63, 3.8) is 0 Å². The summed E-state index contributed by atoms with van der Waals surface area (Å²) in [5.74, 6) is 2.24. The van der Waals surface area contributed by atoms with Crippen molar-refractivity contribution in [3.05, 3.63) is 0 Å². The Morgan fingerprint density at radius 1 is 0.824 bits per heavy atom. The summed E-state index contributed by atoms with van der Waals surface area (Å²) in [6.07, 6.45) is 9.58. The van der Waals surface area contributed by atoms with Crippen molar-refractivity contribution >= 4 is 15.7 Å². The molecule has 2 saturated carbocycles. The number of fused-ring (bicyclic) bond motifs is 1. The molecule has 2 aliphatic rings. The van der Waals surface area contributed by atoms with E-state index in [1.54, 1.807) is 0 Å². The quantitative estimate of drug-likeness (QED) is 0.592. The molecule has 0 spiro atoms. The molecule has 0 aromatic rings. The molecule has 92 valence electrons. The first-order valence-corrected chi connectivity index (χ1v) is 7.42. The topological polar surface area (TPSA) is 0 Å². The van der Waals surface area contributed by atoms with E-state index >= 15 is 0 Å². The fraction of sp³-hybridized carbons (Fsp3) is 1.00. The molecule has 2 rings (SSSR count). The summed E-state index contributed by atoms with van der Waals surface area (Å²) in [5.41, 5.74) is -0.00297. The summed E-state index contributed by atoms with van der Waals surface area (Å²) in [6.45, 7) is 6.58. The van der Waals surface area contributed by atoms with E-state index in [2.05, 4.69) is 20.8 Å². The summed E-state index contributed by atoms with van der Waals surface area (Å²) < 4.78 is 0. The standard InChI is InChI=1S/C15H26B2/c1-14(2,3)15(16,17)13-10-6-8-11-7-4-5-9-12(11)13/h11-13H,4-10H2,1-3H3. The highest BCUT2D eigenvalue weighted by molar-refractivity contribution is 6.40. The highest BCUT2D eigenvalue weighted by atomic mass is 14.5. The molecule has 0 bridgehead atoms. The van der Waals surface area contributed by atoms with Crippen LogP contribution in [0.2, 0.25) is 5.21 Å². The molecular weight excluding hydrogens is 202 g/mol. The lowest BCUT2D eigenvalue weighted by Gasteiger charge is -2.54. The molecular formula is C15H26B2. The molecule has 17 heavy (non-hydrogen) atoms. The maximum atomic E-state index is 6.55. The fourth-order valence-electron chi connectivity index (χ4n) is 4.09. The molecule has 4 radical (unpaired) electrons.